The predicted molar refractivity (Wildman–Crippen MR) is 79.5 cm³/mol. The molecule has 0 aliphatic heterocycles. The van der Waals surface area contributed by atoms with Gasteiger partial charge >= 0.3 is 0 Å². The summed E-state index contributed by atoms with van der Waals surface area (Å²) in [6.45, 7) is 0. The highest BCUT2D eigenvalue weighted by atomic mass is 127. The molecule has 1 amide bonds. The van der Waals surface area contributed by atoms with Gasteiger partial charge in [-0.3, -0.25) is 4.79 Å². The summed E-state index contributed by atoms with van der Waals surface area (Å²) in [4.78, 5) is 12.1. The molecule has 1 aliphatic rings. The molecule has 1 aromatic rings. The van der Waals surface area contributed by atoms with Gasteiger partial charge in [-0.15, -0.1) is 0 Å². The van der Waals surface area contributed by atoms with Gasteiger partial charge in [0.25, 0.3) is 5.91 Å². The van der Waals surface area contributed by atoms with E-state index < -0.39 is 6.10 Å². The van der Waals surface area contributed by atoms with Crippen molar-refractivity contribution in [3.63, 3.8) is 0 Å². The molecule has 0 saturated heterocycles. The second-order valence-corrected chi connectivity index (χ2v) is 6.04. The zero-order chi connectivity index (χ0) is 13.0. The zero-order valence-electron chi connectivity index (χ0n) is 10.2. The first-order chi connectivity index (χ1) is 8.66. The van der Waals surface area contributed by atoms with E-state index in [0.29, 0.717) is 5.56 Å². The summed E-state index contributed by atoms with van der Waals surface area (Å²) in [6.07, 6.45) is 4.53. The fourth-order valence-corrected chi connectivity index (χ4v) is 2.88. The van der Waals surface area contributed by atoms with E-state index in [1.807, 2.05) is 18.2 Å². The van der Waals surface area contributed by atoms with E-state index in [1.165, 1.54) is 0 Å². The number of hydrogen-bond donors (Lipinski definition) is 2. The van der Waals surface area contributed by atoms with Crippen LogP contribution in [0.3, 0.4) is 0 Å². The molecule has 1 saturated carbocycles. The number of benzene rings is 1. The van der Waals surface area contributed by atoms with Gasteiger partial charge in [-0.25, -0.2) is 0 Å². The maximum atomic E-state index is 12.1. The molecule has 0 spiro atoms. The van der Waals surface area contributed by atoms with Gasteiger partial charge in [0.2, 0.25) is 0 Å². The lowest BCUT2D eigenvalue weighted by atomic mass is 10.1. The Morgan fingerprint density at radius 1 is 1.28 bits per heavy atom. The number of aliphatic hydroxyl groups excluding tert-OH is 1. The Kier molecular flexibility index (Phi) is 5.00. The molecule has 1 aromatic carbocycles. The van der Waals surface area contributed by atoms with Crippen molar-refractivity contribution >= 4 is 28.5 Å². The van der Waals surface area contributed by atoms with Crippen molar-refractivity contribution < 1.29 is 9.90 Å². The van der Waals surface area contributed by atoms with Crippen LogP contribution in [-0.4, -0.2) is 23.2 Å². The monoisotopic (exact) mass is 359 g/mol. The smallest absolute Gasteiger partial charge is 0.251 e. The van der Waals surface area contributed by atoms with Gasteiger partial charge in [0.05, 0.1) is 12.1 Å². The molecule has 3 nitrogen and oxygen atoms in total. The lowest BCUT2D eigenvalue weighted by molar-refractivity contribution is 0.0818. The number of halogens is 1. The molecule has 1 aliphatic carbocycles. The van der Waals surface area contributed by atoms with Crippen molar-refractivity contribution in [1.82, 2.24) is 5.32 Å². The summed E-state index contributed by atoms with van der Waals surface area (Å²) in [6, 6.07) is 7.40. The third-order valence-corrected chi connectivity index (χ3v) is 4.05. The van der Waals surface area contributed by atoms with Crippen LogP contribution < -0.4 is 5.32 Å². The molecule has 98 valence electrons. The number of carbonyl (C=O) groups is 1. The van der Waals surface area contributed by atoms with E-state index in [1.54, 1.807) is 6.07 Å². The number of nitrogens with one attached hydrogen (secondary N) is 1. The van der Waals surface area contributed by atoms with Gasteiger partial charge in [-0.05, 0) is 53.6 Å². The van der Waals surface area contributed by atoms with Crippen molar-refractivity contribution in [1.29, 1.82) is 0 Å². The van der Waals surface area contributed by atoms with Crippen molar-refractivity contribution in [2.75, 3.05) is 0 Å². The van der Waals surface area contributed by atoms with Crippen LogP contribution in [0.2, 0.25) is 0 Å². The Bertz CT molecular complexity index is 422. The zero-order valence-corrected chi connectivity index (χ0v) is 12.4. The molecule has 0 heterocycles. The molecule has 1 fully saturated rings. The first kappa shape index (κ1) is 13.8. The van der Waals surface area contributed by atoms with E-state index in [4.69, 9.17) is 0 Å². The average molecular weight is 359 g/mol. The SMILES string of the molecule is O=C(NC1CCCCCC1O)c1cccc(I)c1. The Labute approximate surface area is 121 Å². The fraction of sp³-hybridized carbons (Fsp3) is 0.500. The Hall–Kier alpha value is -0.620. The van der Waals surface area contributed by atoms with Crippen LogP contribution in [-0.2, 0) is 0 Å². The molecule has 2 atom stereocenters. The average Bonchev–Trinajstić information content (AvgIpc) is 2.55. The van der Waals surface area contributed by atoms with Crippen LogP contribution in [0, 0.1) is 3.57 Å². The maximum absolute atomic E-state index is 12.1. The van der Waals surface area contributed by atoms with Crippen molar-refractivity contribution in [3.8, 4) is 0 Å². The van der Waals surface area contributed by atoms with Crippen molar-refractivity contribution in [2.24, 2.45) is 0 Å². The lowest BCUT2D eigenvalue weighted by Gasteiger charge is -2.21. The van der Waals surface area contributed by atoms with E-state index in [-0.39, 0.29) is 11.9 Å². The number of rotatable bonds is 2. The molecule has 4 heteroatoms. The molecule has 2 N–H and O–H groups in total. The van der Waals surface area contributed by atoms with E-state index in [0.717, 1.165) is 35.7 Å². The molecular weight excluding hydrogens is 341 g/mol. The summed E-state index contributed by atoms with van der Waals surface area (Å²) < 4.78 is 1.04. The first-order valence-electron chi connectivity index (χ1n) is 6.41. The Morgan fingerprint density at radius 2 is 2.06 bits per heavy atom. The Morgan fingerprint density at radius 3 is 2.83 bits per heavy atom. The van der Waals surface area contributed by atoms with E-state index >= 15 is 0 Å². The second-order valence-electron chi connectivity index (χ2n) is 4.80. The van der Waals surface area contributed by atoms with Crippen molar-refractivity contribution in [3.05, 3.63) is 33.4 Å². The number of hydrogen-bond acceptors (Lipinski definition) is 2. The van der Waals surface area contributed by atoms with E-state index in [9.17, 15) is 9.90 Å². The highest BCUT2D eigenvalue weighted by molar-refractivity contribution is 14.1. The van der Waals surface area contributed by atoms with Crippen LogP contribution in [0.4, 0.5) is 0 Å². The normalized spacial score (nSPS) is 24.3. The molecule has 2 unspecified atom stereocenters. The lowest BCUT2D eigenvalue weighted by Crippen LogP contribution is -2.42. The highest BCUT2D eigenvalue weighted by Crippen LogP contribution is 2.18. The van der Waals surface area contributed by atoms with Gasteiger partial charge in [0, 0.05) is 9.13 Å². The highest BCUT2D eigenvalue weighted by Gasteiger charge is 2.23. The summed E-state index contributed by atoms with van der Waals surface area (Å²) in [5, 5.41) is 12.9. The maximum Gasteiger partial charge on any atom is 0.251 e. The minimum Gasteiger partial charge on any atom is -0.391 e. The number of amides is 1. The molecule has 18 heavy (non-hydrogen) atoms. The van der Waals surface area contributed by atoms with Crippen LogP contribution >= 0.6 is 22.6 Å². The minimum atomic E-state index is -0.403. The van der Waals surface area contributed by atoms with Crippen LogP contribution in [0.5, 0.6) is 0 Å². The van der Waals surface area contributed by atoms with Gasteiger partial charge < -0.3 is 10.4 Å². The molecular formula is C14H18INO2. The first-order valence-corrected chi connectivity index (χ1v) is 7.49. The van der Waals surface area contributed by atoms with Crippen molar-refractivity contribution in [2.45, 2.75) is 44.2 Å². The minimum absolute atomic E-state index is 0.0838. The molecule has 2 rings (SSSR count). The molecule has 0 bridgehead atoms. The number of aliphatic hydroxyl groups is 1. The fourth-order valence-electron chi connectivity index (χ4n) is 2.34. The molecule has 0 aromatic heterocycles. The van der Waals surface area contributed by atoms with Gasteiger partial charge in [-0.2, -0.15) is 0 Å². The Balaban J connectivity index is 2.01. The van der Waals surface area contributed by atoms with Crippen LogP contribution in [0.1, 0.15) is 42.5 Å². The third kappa shape index (κ3) is 3.68. The van der Waals surface area contributed by atoms with Gasteiger partial charge in [0.15, 0.2) is 0 Å². The standard InChI is InChI=1S/C14H18INO2/c15-11-6-4-5-10(9-11)14(18)16-12-7-2-1-3-8-13(12)17/h4-6,9,12-13,17H,1-3,7-8H2,(H,16,18). The topological polar surface area (TPSA) is 49.3 Å². The summed E-state index contributed by atoms with van der Waals surface area (Å²) >= 11 is 2.19. The second kappa shape index (κ2) is 6.52. The van der Waals surface area contributed by atoms with Gasteiger partial charge in [-0.1, -0.05) is 25.3 Å². The molecule has 0 radical (unpaired) electrons. The largest absolute Gasteiger partial charge is 0.391 e. The van der Waals surface area contributed by atoms with Crippen LogP contribution in [0.25, 0.3) is 0 Å². The van der Waals surface area contributed by atoms with Gasteiger partial charge in [0.1, 0.15) is 0 Å². The van der Waals surface area contributed by atoms with E-state index in [2.05, 4.69) is 27.9 Å². The van der Waals surface area contributed by atoms with Crippen LogP contribution in [0.15, 0.2) is 24.3 Å². The summed E-state index contributed by atoms with van der Waals surface area (Å²) in [7, 11) is 0. The summed E-state index contributed by atoms with van der Waals surface area (Å²) in [5.41, 5.74) is 0.665. The third-order valence-electron chi connectivity index (χ3n) is 3.38. The summed E-state index contributed by atoms with van der Waals surface area (Å²) in [5.74, 6) is -0.0838. The number of carbonyl (C=O) groups excluding carboxylic acids is 1. The predicted octanol–water partition coefficient (Wildman–Crippen LogP) is 2.71. The quantitative estimate of drug-likeness (QED) is 0.630.